The third kappa shape index (κ3) is 4.47. The van der Waals surface area contributed by atoms with E-state index in [1.54, 1.807) is 6.07 Å². The highest BCUT2D eigenvalue weighted by molar-refractivity contribution is 7.89. The van der Waals surface area contributed by atoms with Crippen molar-refractivity contribution < 1.29 is 18.3 Å². The Bertz CT molecular complexity index is 769. The fourth-order valence-electron chi connectivity index (χ4n) is 3.03. The van der Waals surface area contributed by atoms with Crippen LogP contribution in [0.25, 0.3) is 0 Å². The average molecular weight is 420 g/mol. The van der Waals surface area contributed by atoms with E-state index in [0.29, 0.717) is 48.7 Å². The highest BCUT2D eigenvalue weighted by Crippen LogP contribution is 2.28. The minimum absolute atomic E-state index is 0.160. The molecule has 2 saturated heterocycles. The van der Waals surface area contributed by atoms with Crippen LogP contribution < -0.4 is 5.32 Å². The highest BCUT2D eigenvalue weighted by Gasteiger charge is 2.27. The number of rotatable bonds is 3. The summed E-state index contributed by atoms with van der Waals surface area (Å²) in [6, 6.07) is 4.54. The molecule has 0 aromatic heterocycles. The maximum Gasteiger partial charge on any atom is 0.243 e. The lowest BCUT2D eigenvalue weighted by Crippen LogP contribution is -2.44. The molecule has 0 aliphatic carbocycles. The van der Waals surface area contributed by atoms with Gasteiger partial charge in [-0.25, -0.2) is 8.42 Å². The smallest absolute Gasteiger partial charge is 0.243 e. The third-order valence-electron chi connectivity index (χ3n) is 4.47. The molecule has 10 heteroatoms. The Morgan fingerprint density at radius 1 is 1.31 bits per heavy atom. The second-order valence-corrected chi connectivity index (χ2v) is 9.06. The number of morpholine rings is 1. The number of benzene rings is 1. The van der Waals surface area contributed by atoms with Crippen LogP contribution in [0.1, 0.15) is 12.8 Å². The van der Waals surface area contributed by atoms with E-state index in [9.17, 15) is 13.5 Å². The fraction of sp³-hybridized carbons (Fsp3) is 0.562. The van der Waals surface area contributed by atoms with Gasteiger partial charge < -0.3 is 20.1 Å². The minimum Gasteiger partial charge on any atom is -0.391 e. The van der Waals surface area contributed by atoms with Gasteiger partial charge in [-0.15, -0.1) is 0 Å². The summed E-state index contributed by atoms with van der Waals surface area (Å²) >= 11 is 11.6. The van der Waals surface area contributed by atoms with Crippen LogP contribution in [0.3, 0.4) is 0 Å². The number of aliphatic hydroxyl groups excluding tert-OH is 1. The summed E-state index contributed by atoms with van der Waals surface area (Å²) in [5.74, 6) is 0. The van der Waals surface area contributed by atoms with E-state index >= 15 is 0 Å². The zero-order chi connectivity index (χ0) is 18.7. The summed E-state index contributed by atoms with van der Waals surface area (Å²) in [7, 11) is -3.61. The van der Waals surface area contributed by atoms with E-state index in [0.717, 1.165) is 19.4 Å². The van der Waals surface area contributed by atoms with Gasteiger partial charge in [-0.1, -0.05) is 11.6 Å². The lowest BCUT2D eigenvalue weighted by molar-refractivity contribution is 0.0730. The van der Waals surface area contributed by atoms with E-state index in [4.69, 9.17) is 28.6 Å². The van der Waals surface area contributed by atoms with Crippen molar-refractivity contribution in [3.63, 3.8) is 0 Å². The summed E-state index contributed by atoms with van der Waals surface area (Å²) in [5.41, 5.74) is 0.436. The van der Waals surface area contributed by atoms with Crippen molar-refractivity contribution in [1.82, 2.24) is 9.21 Å². The first-order valence-electron chi connectivity index (χ1n) is 8.49. The van der Waals surface area contributed by atoms with Gasteiger partial charge in [0.25, 0.3) is 0 Å². The number of thiocarbonyl (C=S) groups is 1. The molecule has 1 aromatic carbocycles. The van der Waals surface area contributed by atoms with Gasteiger partial charge in [-0.05, 0) is 43.3 Å². The topological polar surface area (TPSA) is 82.1 Å². The Morgan fingerprint density at radius 3 is 2.73 bits per heavy atom. The van der Waals surface area contributed by atoms with E-state index in [-0.39, 0.29) is 4.90 Å². The molecule has 0 radical (unpaired) electrons. The van der Waals surface area contributed by atoms with Crippen molar-refractivity contribution in [1.29, 1.82) is 0 Å². The molecule has 0 saturated carbocycles. The minimum atomic E-state index is -3.61. The van der Waals surface area contributed by atoms with Crippen LogP contribution in [0.5, 0.6) is 0 Å². The number of anilines is 1. The predicted molar refractivity (Wildman–Crippen MR) is 104 cm³/mol. The van der Waals surface area contributed by atoms with Crippen molar-refractivity contribution in [2.75, 3.05) is 44.7 Å². The van der Waals surface area contributed by atoms with Gasteiger partial charge in [0.2, 0.25) is 10.0 Å². The maximum absolute atomic E-state index is 12.8. The predicted octanol–water partition coefficient (Wildman–Crippen LogP) is 1.51. The normalized spacial score (nSPS) is 22.2. The second-order valence-electron chi connectivity index (χ2n) is 6.33. The number of ether oxygens (including phenoxy) is 1. The Hall–Kier alpha value is -0.970. The van der Waals surface area contributed by atoms with Gasteiger partial charge in [0.05, 0.1) is 34.9 Å². The lowest BCUT2D eigenvalue weighted by atomic mass is 10.1. The van der Waals surface area contributed by atoms with Gasteiger partial charge >= 0.3 is 0 Å². The van der Waals surface area contributed by atoms with Crippen molar-refractivity contribution in [3.05, 3.63) is 23.2 Å². The number of aliphatic hydroxyl groups is 1. The highest BCUT2D eigenvalue weighted by atomic mass is 35.5. The van der Waals surface area contributed by atoms with Gasteiger partial charge in [-0.3, -0.25) is 0 Å². The Labute approximate surface area is 163 Å². The molecule has 26 heavy (non-hydrogen) atoms. The molecule has 1 atom stereocenters. The molecule has 7 nitrogen and oxygen atoms in total. The van der Waals surface area contributed by atoms with E-state index < -0.39 is 16.1 Å². The van der Waals surface area contributed by atoms with Crippen LogP contribution in [-0.2, 0) is 14.8 Å². The molecule has 2 aliphatic rings. The van der Waals surface area contributed by atoms with Crippen LogP contribution >= 0.6 is 23.8 Å². The quantitative estimate of drug-likeness (QED) is 0.718. The Morgan fingerprint density at radius 2 is 2.04 bits per heavy atom. The summed E-state index contributed by atoms with van der Waals surface area (Å²) in [5, 5.41) is 13.6. The number of likely N-dealkylation sites (tertiary alicyclic amines) is 1. The molecule has 2 fully saturated rings. The standard InChI is InChI=1S/C16H22ClN3O4S2/c17-14-4-3-13(26(22,23)20-6-8-24-9-7-20)10-15(14)18-16(25)19-5-1-2-12(21)11-19/h3-4,10,12,21H,1-2,5-9,11H2,(H,18,25)/t12-/m0/s1. The summed E-state index contributed by atoms with van der Waals surface area (Å²) < 4.78 is 32.2. The maximum atomic E-state index is 12.8. The molecule has 1 aromatic rings. The molecule has 2 N–H and O–H groups in total. The first-order chi connectivity index (χ1) is 12.4. The molecule has 144 valence electrons. The molecule has 0 unspecified atom stereocenters. The van der Waals surface area contributed by atoms with E-state index in [1.165, 1.54) is 16.4 Å². The number of nitrogens with one attached hydrogen (secondary N) is 1. The first-order valence-corrected chi connectivity index (χ1v) is 10.7. The number of piperidine rings is 1. The zero-order valence-electron chi connectivity index (χ0n) is 14.2. The van der Waals surface area contributed by atoms with Crippen molar-refractivity contribution in [3.8, 4) is 0 Å². The monoisotopic (exact) mass is 419 g/mol. The number of β-amino-alcohol motifs (C(OH)–C–C–N with tert-alkyl or cyclic N) is 1. The van der Waals surface area contributed by atoms with Crippen LogP contribution in [0, 0.1) is 0 Å². The molecule has 0 bridgehead atoms. The molecule has 2 aliphatic heterocycles. The Kier molecular flexibility index (Phi) is 6.37. The van der Waals surface area contributed by atoms with Crippen LogP contribution in [0.4, 0.5) is 5.69 Å². The second kappa shape index (κ2) is 8.37. The summed E-state index contributed by atoms with van der Waals surface area (Å²) in [6.45, 7) is 2.63. The fourth-order valence-corrected chi connectivity index (χ4v) is 4.91. The van der Waals surface area contributed by atoms with Crippen LogP contribution in [0.2, 0.25) is 5.02 Å². The van der Waals surface area contributed by atoms with Gasteiger partial charge in [0, 0.05) is 26.2 Å². The number of halogens is 1. The van der Waals surface area contributed by atoms with E-state index in [2.05, 4.69) is 5.32 Å². The summed E-state index contributed by atoms with van der Waals surface area (Å²) in [6.07, 6.45) is 1.20. The average Bonchev–Trinajstić information content (AvgIpc) is 2.64. The number of sulfonamides is 1. The van der Waals surface area contributed by atoms with Crippen LogP contribution in [0.15, 0.2) is 23.1 Å². The molecule has 0 amide bonds. The van der Waals surface area contributed by atoms with Crippen molar-refractivity contribution >= 4 is 44.6 Å². The molecular formula is C16H22ClN3O4S2. The number of hydrogen-bond acceptors (Lipinski definition) is 5. The molecule has 0 spiro atoms. The van der Waals surface area contributed by atoms with E-state index in [1.807, 2.05) is 4.90 Å². The lowest BCUT2D eigenvalue weighted by Gasteiger charge is -2.32. The number of nitrogens with zero attached hydrogens (tertiary/aromatic N) is 2. The van der Waals surface area contributed by atoms with Gasteiger partial charge in [-0.2, -0.15) is 4.31 Å². The van der Waals surface area contributed by atoms with Crippen LogP contribution in [-0.4, -0.2) is 73.3 Å². The molecular weight excluding hydrogens is 398 g/mol. The Balaban J connectivity index is 1.78. The zero-order valence-corrected chi connectivity index (χ0v) is 16.6. The number of hydrogen-bond donors (Lipinski definition) is 2. The molecule has 2 heterocycles. The van der Waals surface area contributed by atoms with Crippen molar-refractivity contribution in [2.45, 2.75) is 23.8 Å². The first kappa shape index (κ1) is 19.8. The third-order valence-corrected chi connectivity index (χ3v) is 7.06. The summed E-state index contributed by atoms with van der Waals surface area (Å²) in [4.78, 5) is 2.02. The SMILES string of the molecule is O=S(=O)(c1ccc(Cl)c(NC(=S)N2CCC[C@H](O)C2)c1)N1CCOCC1. The largest absolute Gasteiger partial charge is 0.391 e. The van der Waals surface area contributed by atoms with Crippen molar-refractivity contribution in [2.24, 2.45) is 0 Å². The molecule has 3 rings (SSSR count). The van der Waals surface area contributed by atoms with Gasteiger partial charge in [0.15, 0.2) is 5.11 Å². The van der Waals surface area contributed by atoms with Gasteiger partial charge in [0.1, 0.15) is 0 Å².